The zero-order valence-electron chi connectivity index (χ0n) is 43.9. The number of anilines is 6. The third-order valence-corrected chi connectivity index (χ3v) is 18.0. The molecular formula is C44H36Cl2N14O23S7. The first-order valence-corrected chi connectivity index (χ1v) is 33.2. The highest BCUT2D eigenvalue weighted by Crippen LogP contribution is 2.49. The van der Waals surface area contributed by atoms with E-state index in [1.54, 1.807) is 0 Å². The van der Waals surface area contributed by atoms with Crippen molar-refractivity contribution in [1.29, 1.82) is 0 Å². The van der Waals surface area contributed by atoms with Gasteiger partial charge in [0.1, 0.15) is 26.9 Å². The van der Waals surface area contributed by atoms with E-state index in [2.05, 4.69) is 91.6 Å². The number of benzene rings is 6. The van der Waals surface area contributed by atoms with E-state index in [0.717, 1.165) is 47.9 Å². The van der Waals surface area contributed by atoms with Gasteiger partial charge >= 0.3 is 0 Å². The number of hydrogen-bond acceptors (Lipinski definition) is 35. The Balaban J connectivity index is 1.10. The van der Waals surface area contributed by atoms with Gasteiger partial charge in [-0.05, 0) is 107 Å². The minimum atomic E-state index is -5.51. The number of sulfone groups is 1. The summed E-state index contributed by atoms with van der Waals surface area (Å²) in [6.07, 6.45) is 0. The van der Waals surface area contributed by atoms with Gasteiger partial charge in [0.2, 0.25) is 34.4 Å². The Bertz CT molecular complexity index is 4820. The van der Waals surface area contributed by atoms with Crippen LogP contribution in [-0.2, 0) is 69.1 Å². The average molecular weight is 1420 g/mol. The quantitative estimate of drug-likeness (QED) is 0.00760. The lowest BCUT2D eigenvalue weighted by atomic mass is 10.1. The average Bonchev–Trinajstić information content (AvgIpc) is 0.773. The van der Waals surface area contributed by atoms with Gasteiger partial charge in [0, 0.05) is 35.8 Å². The molecular weight excluding hydrogens is 1390 g/mol. The summed E-state index contributed by atoms with van der Waals surface area (Å²) in [5, 5.41) is 80.4. The molecule has 0 aliphatic carbocycles. The predicted molar refractivity (Wildman–Crippen MR) is 314 cm³/mol. The van der Waals surface area contributed by atoms with Crippen molar-refractivity contribution in [2.24, 2.45) is 20.5 Å². The smallest absolute Gasteiger partial charge is 0.296 e. The standard InChI is InChI=1S/C44H36Cl2N14O23S7/c1-2-86(66,67)22-5-3-21(4-6-22)56-58-35-30(85-83-81-65)16-20-15-24(88(71,72)73)17-28(33(20)37(35)62)49-42-51-39(45)50-41(54-42)47-11-12-60(13-14-61)44-53-40(46)52-43(55-44)48-27-9-10-31(89(74,75)76)25-19-32(90(77,78)79)36(38(63)34(25)27)59-57-26-8-7-23(87(68,69)70)18-29(26)84-82-80-64/h2-10,15-19,61-65H,1,11-14H2,(H,68,69,70)(H,71,72,73)(H,74,75,76)(H,77,78,79)(H,48,52,53,55)(H2,47,49,50,51,54). The molecule has 0 aliphatic heterocycles. The number of aromatic nitrogens is 6. The lowest BCUT2D eigenvalue weighted by Gasteiger charge is -2.22. The summed E-state index contributed by atoms with van der Waals surface area (Å²) in [6.45, 7) is 2.14. The van der Waals surface area contributed by atoms with E-state index in [0.29, 0.717) is 6.07 Å². The summed E-state index contributed by atoms with van der Waals surface area (Å²) in [5.41, 5.74) is -2.54. The maximum atomic E-state index is 12.8. The Kier molecular flexibility index (Phi) is 21.0. The molecule has 2 heterocycles. The zero-order chi connectivity index (χ0) is 65.7. The van der Waals surface area contributed by atoms with Crippen molar-refractivity contribution >= 4 is 177 Å². The van der Waals surface area contributed by atoms with Gasteiger partial charge < -0.3 is 36.2 Å². The van der Waals surface area contributed by atoms with Crippen LogP contribution in [-0.4, -0.2) is 142 Å². The number of nitrogens with one attached hydrogen (secondary N) is 3. The highest BCUT2D eigenvalue weighted by Gasteiger charge is 2.29. The number of azo groups is 2. The molecule has 0 radical (unpaired) electrons. The van der Waals surface area contributed by atoms with Crippen LogP contribution < -0.4 is 20.9 Å². The lowest BCUT2D eigenvalue weighted by molar-refractivity contribution is -0.432. The van der Waals surface area contributed by atoms with Crippen molar-refractivity contribution in [3.63, 3.8) is 0 Å². The molecule has 8 aromatic rings. The van der Waals surface area contributed by atoms with Gasteiger partial charge in [-0.15, -0.1) is 24.0 Å². The van der Waals surface area contributed by atoms with Gasteiger partial charge in [-0.25, -0.2) is 18.9 Å². The Morgan fingerprint density at radius 1 is 0.578 bits per heavy atom. The zero-order valence-corrected chi connectivity index (χ0v) is 51.1. The molecule has 0 aliphatic rings. The Morgan fingerprint density at radius 3 is 1.79 bits per heavy atom. The summed E-state index contributed by atoms with van der Waals surface area (Å²) in [4.78, 5) is 21.6. The summed E-state index contributed by atoms with van der Waals surface area (Å²) >= 11 is 13.0. The molecule has 8 rings (SSSR count). The second-order valence-corrected chi connectivity index (χ2v) is 26.9. The molecule has 2 aromatic heterocycles. The number of phenols is 2. The van der Waals surface area contributed by atoms with Crippen LogP contribution in [0.3, 0.4) is 0 Å². The first kappa shape index (κ1) is 68.1. The van der Waals surface area contributed by atoms with Crippen LogP contribution in [0, 0.1) is 0 Å². The number of fused-ring (bicyclic) bond motifs is 2. The minimum absolute atomic E-state index is 0.0721. The largest absolute Gasteiger partial charge is 0.505 e. The van der Waals surface area contributed by atoms with Gasteiger partial charge in [0.05, 0.1) is 77.6 Å². The highest BCUT2D eigenvalue weighted by atomic mass is 35.5. The van der Waals surface area contributed by atoms with E-state index in [4.69, 9.17) is 33.7 Å². The van der Waals surface area contributed by atoms with E-state index in [9.17, 15) is 75.6 Å². The number of aromatic hydroxyl groups is 2. The molecule has 0 amide bonds. The van der Waals surface area contributed by atoms with Gasteiger partial charge in [0.25, 0.3) is 40.5 Å². The molecule has 90 heavy (non-hydrogen) atoms. The predicted octanol–water partition coefficient (Wildman–Crippen LogP) is 8.07. The summed E-state index contributed by atoms with van der Waals surface area (Å²) < 4.78 is 173. The van der Waals surface area contributed by atoms with Crippen molar-refractivity contribution < 1.29 is 105 Å². The van der Waals surface area contributed by atoms with Gasteiger partial charge in [0.15, 0.2) is 21.3 Å². The minimum Gasteiger partial charge on any atom is -0.505 e. The Morgan fingerprint density at radius 2 is 1.17 bits per heavy atom. The van der Waals surface area contributed by atoms with Gasteiger partial charge in [-0.1, -0.05) is 16.7 Å². The molecule has 46 heteroatoms. The number of aliphatic hydroxyl groups excluding tert-OH is 1. The third kappa shape index (κ3) is 16.2. The maximum absolute atomic E-state index is 12.8. The number of rotatable bonds is 27. The molecule has 0 fully saturated rings. The van der Waals surface area contributed by atoms with E-state index in [-0.39, 0.29) is 104 Å². The molecule has 476 valence electrons. The van der Waals surface area contributed by atoms with Crippen LogP contribution in [0.2, 0.25) is 10.6 Å². The Hall–Kier alpha value is -7.81. The van der Waals surface area contributed by atoms with Crippen LogP contribution in [0.4, 0.5) is 57.9 Å². The van der Waals surface area contributed by atoms with Crippen LogP contribution in [0.1, 0.15) is 0 Å². The van der Waals surface area contributed by atoms with Crippen molar-refractivity contribution in [1.82, 2.24) is 29.9 Å². The second kappa shape index (κ2) is 27.7. The maximum Gasteiger partial charge on any atom is 0.296 e. The second-order valence-electron chi connectivity index (χ2n) is 17.2. The number of halogens is 2. The van der Waals surface area contributed by atoms with Crippen LogP contribution in [0.5, 0.6) is 11.5 Å². The fourth-order valence-corrected chi connectivity index (χ4v) is 12.3. The third-order valence-electron chi connectivity index (χ3n) is 11.6. The molecule has 0 saturated heterocycles. The summed E-state index contributed by atoms with van der Waals surface area (Å²) in [6, 6.07) is 12.6. The molecule has 0 spiro atoms. The normalized spacial score (nSPS) is 12.5. The van der Waals surface area contributed by atoms with E-state index >= 15 is 0 Å². The fourth-order valence-electron chi connectivity index (χ4n) is 7.84. The number of nitrogens with zero attached hydrogens (tertiary/aromatic N) is 11. The highest BCUT2D eigenvalue weighted by molar-refractivity contribution is 7.95. The van der Waals surface area contributed by atoms with Crippen molar-refractivity contribution in [2.75, 3.05) is 47.1 Å². The first-order chi connectivity index (χ1) is 42.3. The fraction of sp³-hybridized carbons (Fsp3) is 0.0909. The molecule has 0 saturated carbocycles. The number of phenolic OH excluding ortho intramolecular Hbond substituents is 2. The number of aliphatic hydroxyl groups is 1. The van der Waals surface area contributed by atoms with E-state index in [1.807, 2.05) is 0 Å². The van der Waals surface area contributed by atoms with E-state index in [1.165, 1.54) is 35.2 Å². The topological polar surface area (TPSA) is 556 Å². The Labute approximate surface area is 523 Å². The monoisotopic (exact) mass is 1420 g/mol. The number of hydrogen-bond donors (Lipinski definition) is 12. The first-order valence-electron chi connectivity index (χ1n) is 23.6. The molecule has 0 unspecified atom stereocenters. The van der Waals surface area contributed by atoms with Crippen molar-refractivity contribution in [3.05, 3.63) is 101 Å². The lowest BCUT2D eigenvalue weighted by Crippen LogP contribution is -2.33. The summed E-state index contributed by atoms with van der Waals surface area (Å²) in [7, 11) is -24.5. The van der Waals surface area contributed by atoms with Crippen molar-refractivity contribution in [3.8, 4) is 11.5 Å². The SMILES string of the molecule is C=CS(=O)(=O)c1ccc(N=Nc2c(SOOO)cc3cc(S(=O)(=O)O)cc(Nc4nc(Cl)nc(NCCN(CCO)c5nc(Cl)nc(Nc6ccc(S(=O)(=O)O)c7cc(S(=O)(=O)O)c(N=Nc8ccc(S(=O)(=O)O)cc8SOOO)c(O)c67)n5)n4)c3c2O)cc1. The van der Waals surface area contributed by atoms with Crippen LogP contribution >= 0.6 is 47.3 Å². The van der Waals surface area contributed by atoms with Crippen LogP contribution in [0.15, 0.2) is 146 Å². The van der Waals surface area contributed by atoms with E-state index < -0.39 is 133 Å². The van der Waals surface area contributed by atoms with Gasteiger partial charge in [-0.3, -0.25) is 18.2 Å². The molecule has 0 bridgehead atoms. The van der Waals surface area contributed by atoms with Crippen LogP contribution in [0.25, 0.3) is 21.5 Å². The molecule has 6 aromatic carbocycles. The molecule has 37 nitrogen and oxygen atoms in total. The van der Waals surface area contributed by atoms with Crippen molar-refractivity contribution in [2.45, 2.75) is 34.3 Å². The summed E-state index contributed by atoms with van der Waals surface area (Å²) in [5.74, 6) is -3.44. The molecule has 12 N–H and O–H groups in total. The molecule has 0 atom stereocenters. The van der Waals surface area contributed by atoms with Gasteiger partial charge in [-0.2, -0.15) is 68.7 Å².